The summed E-state index contributed by atoms with van der Waals surface area (Å²) in [4.78, 5) is 18.5. The first-order chi connectivity index (χ1) is 13.3. The fraction of sp³-hybridized carbons (Fsp3) is 0.474. The monoisotopic (exact) mass is 425 g/mol. The van der Waals surface area contributed by atoms with Gasteiger partial charge >= 0.3 is 0 Å². The van der Waals surface area contributed by atoms with Gasteiger partial charge in [-0.3, -0.25) is 4.79 Å². The summed E-state index contributed by atoms with van der Waals surface area (Å²) in [6, 6.07) is 6.16. The molecule has 0 N–H and O–H groups in total. The van der Waals surface area contributed by atoms with Crippen LogP contribution in [0.2, 0.25) is 5.15 Å². The number of aromatic nitrogens is 1. The van der Waals surface area contributed by atoms with Crippen LogP contribution in [0.5, 0.6) is 0 Å². The third kappa shape index (κ3) is 4.92. The van der Waals surface area contributed by atoms with Crippen molar-refractivity contribution >= 4 is 27.5 Å². The SMILES string of the molecule is CC1CC(C)CN(C(=O)CN(Cc2ccco2)S(=O)(=O)c2ccc(Cl)nc2)C1. The summed E-state index contributed by atoms with van der Waals surface area (Å²) in [5, 5.41) is 0.198. The number of hydrogen-bond acceptors (Lipinski definition) is 5. The molecule has 2 aromatic heterocycles. The molecule has 0 aromatic carbocycles. The third-order valence-corrected chi connectivity index (χ3v) is 6.78. The Balaban J connectivity index is 1.84. The number of carbonyl (C=O) groups is 1. The van der Waals surface area contributed by atoms with Gasteiger partial charge in [0.2, 0.25) is 15.9 Å². The number of hydrogen-bond donors (Lipinski definition) is 0. The minimum absolute atomic E-state index is 0.0170. The molecule has 1 amide bonds. The molecule has 3 heterocycles. The van der Waals surface area contributed by atoms with Gasteiger partial charge in [-0.15, -0.1) is 0 Å². The summed E-state index contributed by atoms with van der Waals surface area (Å²) in [5.41, 5.74) is 0. The molecule has 1 aliphatic rings. The van der Waals surface area contributed by atoms with E-state index in [-0.39, 0.29) is 29.0 Å². The molecule has 1 saturated heterocycles. The molecule has 0 saturated carbocycles. The number of carbonyl (C=O) groups excluding carboxylic acids is 1. The number of likely N-dealkylation sites (tertiary alicyclic amines) is 1. The average molecular weight is 426 g/mol. The first-order valence-corrected chi connectivity index (χ1v) is 11.0. The molecule has 2 unspecified atom stereocenters. The first-order valence-electron chi connectivity index (χ1n) is 9.17. The molecule has 2 atom stereocenters. The van der Waals surface area contributed by atoms with E-state index in [1.54, 1.807) is 17.0 Å². The van der Waals surface area contributed by atoms with Gasteiger partial charge in [0, 0.05) is 19.3 Å². The van der Waals surface area contributed by atoms with Crippen molar-refractivity contribution in [3.8, 4) is 0 Å². The highest BCUT2D eigenvalue weighted by Crippen LogP contribution is 2.23. The van der Waals surface area contributed by atoms with Crippen LogP contribution in [-0.2, 0) is 21.4 Å². The number of halogens is 1. The number of nitrogens with zero attached hydrogens (tertiary/aromatic N) is 3. The number of furan rings is 1. The van der Waals surface area contributed by atoms with Crippen LogP contribution in [0, 0.1) is 11.8 Å². The molecule has 1 fully saturated rings. The molecule has 28 heavy (non-hydrogen) atoms. The van der Waals surface area contributed by atoms with Crippen LogP contribution in [0.3, 0.4) is 0 Å². The molecule has 2 aromatic rings. The van der Waals surface area contributed by atoms with Gasteiger partial charge in [0.05, 0.1) is 19.4 Å². The molecule has 152 valence electrons. The van der Waals surface area contributed by atoms with Crippen LogP contribution < -0.4 is 0 Å². The lowest BCUT2D eigenvalue weighted by molar-refractivity contribution is -0.134. The van der Waals surface area contributed by atoms with Crippen LogP contribution in [-0.4, -0.2) is 48.1 Å². The van der Waals surface area contributed by atoms with E-state index in [0.717, 1.165) is 10.7 Å². The molecule has 0 aliphatic carbocycles. The molecular formula is C19H24ClN3O4S. The molecule has 0 bridgehead atoms. The molecular weight excluding hydrogens is 402 g/mol. The van der Waals surface area contributed by atoms with Crippen molar-refractivity contribution in [1.82, 2.24) is 14.2 Å². The van der Waals surface area contributed by atoms with E-state index in [2.05, 4.69) is 18.8 Å². The van der Waals surface area contributed by atoms with E-state index >= 15 is 0 Å². The van der Waals surface area contributed by atoms with Gasteiger partial charge in [-0.25, -0.2) is 13.4 Å². The van der Waals surface area contributed by atoms with Gasteiger partial charge in [0.15, 0.2) is 0 Å². The number of piperidine rings is 1. The van der Waals surface area contributed by atoms with E-state index in [1.165, 1.54) is 24.6 Å². The fourth-order valence-electron chi connectivity index (χ4n) is 3.58. The van der Waals surface area contributed by atoms with Crippen molar-refractivity contribution in [3.05, 3.63) is 47.6 Å². The Kier molecular flexibility index (Phi) is 6.42. The molecule has 7 nitrogen and oxygen atoms in total. The van der Waals surface area contributed by atoms with Crippen molar-refractivity contribution in [2.24, 2.45) is 11.8 Å². The minimum Gasteiger partial charge on any atom is -0.468 e. The zero-order valence-corrected chi connectivity index (χ0v) is 17.5. The van der Waals surface area contributed by atoms with Crippen molar-refractivity contribution in [3.63, 3.8) is 0 Å². The maximum absolute atomic E-state index is 13.1. The highest BCUT2D eigenvalue weighted by Gasteiger charge is 2.32. The molecule has 0 radical (unpaired) electrons. The molecule has 9 heteroatoms. The largest absolute Gasteiger partial charge is 0.468 e. The fourth-order valence-corrected chi connectivity index (χ4v) is 5.00. The van der Waals surface area contributed by atoms with Crippen LogP contribution in [0.25, 0.3) is 0 Å². The third-order valence-electron chi connectivity index (χ3n) is 4.78. The van der Waals surface area contributed by atoms with Gasteiger partial charge < -0.3 is 9.32 Å². The van der Waals surface area contributed by atoms with Gasteiger partial charge in [-0.05, 0) is 42.5 Å². The minimum atomic E-state index is -3.95. The molecule has 1 aliphatic heterocycles. The van der Waals surface area contributed by atoms with Crippen LogP contribution >= 0.6 is 11.6 Å². The average Bonchev–Trinajstić information content (AvgIpc) is 3.14. The Morgan fingerprint density at radius 1 is 1.29 bits per heavy atom. The Bertz CT molecular complexity index is 890. The standard InChI is InChI=1S/C19H24ClN3O4S/c1-14-8-15(2)11-22(10-14)19(24)13-23(12-16-4-3-7-27-16)28(25,26)17-5-6-18(20)21-9-17/h3-7,9,14-15H,8,10-13H2,1-2H3. The normalized spacial score (nSPS) is 20.5. The highest BCUT2D eigenvalue weighted by molar-refractivity contribution is 7.89. The summed E-state index contributed by atoms with van der Waals surface area (Å²) >= 11 is 5.77. The quantitative estimate of drug-likeness (QED) is 0.664. The number of rotatable bonds is 6. The topological polar surface area (TPSA) is 83.7 Å². The maximum Gasteiger partial charge on any atom is 0.245 e. The smallest absolute Gasteiger partial charge is 0.245 e. The Morgan fingerprint density at radius 3 is 2.57 bits per heavy atom. The summed E-state index contributed by atoms with van der Waals surface area (Å²) < 4.78 is 32.7. The predicted octanol–water partition coefficient (Wildman–Crippen LogP) is 3.02. The second-order valence-corrected chi connectivity index (χ2v) is 9.74. The van der Waals surface area contributed by atoms with Crippen molar-refractivity contribution in [2.75, 3.05) is 19.6 Å². The van der Waals surface area contributed by atoms with Crippen LogP contribution in [0.1, 0.15) is 26.0 Å². The lowest BCUT2D eigenvalue weighted by Gasteiger charge is -2.36. The van der Waals surface area contributed by atoms with E-state index in [4.69, 9.17) is 16.0 Å². The number of sulfonamides is 1. The summed E-state index contributed by atoms with van der Waals surface area (Å²) in [5.74, 6) is 1.03. The van der Waals surface area contributed by atoms with Gasteiger partial charge in [0.25, 0.3) is 0 Å². The Hall–Kier alpha value is -1.90. The lowest BCUT2D eigenvalue weighted by Crippen LogP contribution is -2.47. The summed E-state index contributed by atoms with van der Waals surface area (Å²) in [7, 11) is -3.95. The highest BCUT2D eigenvalue weighted by atomic mass is 35.5. The van der Waals surface area contributed by atoms with Crippen molar-refractivity contribution in [2.45, 2.75) is 31.7 Å². The van der Waals surface area contributed by atoms with Crippen LogP contribution in [0.15, 0.2) is 46.0 Å². The van der Waals surface area contributed by atoms with E-state index < -0.39 is 10.0 Å². The second-order valence-electron chi connectivity index (χ2n) is 7.41. The predicted molar refractivity (Wildman–Crippen MR) is 105 cm³/mol. The summed E-state index contributed by atoms with van der Waals surface area (Å²) in [6.07, 6.45) is 3.73. The molecule has 3 rings (SSSR count). The zero-order valence-electron chi connectivity index (χ0n) is 15.9. The summed E-state index contributed by atoms with van der Waals surface area (Å²) in [6.45, 7) is 5.19. The van der Waals surface area contributed by atoms with Crippen LogP contribution in [0.4, 0.5) is 0 Å². The Morgan fingerprint density at radius 2 is 2.00 bits per heavy atom. The van der Waals surface area contributed by atoms with Gasteiger partial charge in [0.1, 0.15) is 15.8 Å². The zero-order chi connectivity index (χ0) is 20.3. The van der Waals surface area contributed by atoms with Crippen molar-refractivity contribution < 1.29 is 17.6 Å². The van der Waals surface area contributed by atoms with E-state index in [1.807, 2.05) is 0 Å². The van der Waals surface area contributed by atoms with Gasteiger partial charge in [-0.1, -0.05) is 25.4 Å². The van der Waals surface area contributed by atoms with E-state index in [9.17, 15) is 13.2 Å². The first kappa shape index (κ1) is 20.8. The Labute approximate surface area is 170 Å². The maximum atomic E-state index is 13.1. The lowest BCUT2D eigenvalue weighted by atomic mass is 9.92. The van der Waals surface area contributed by atoms with E-state index in [0.29, 0.717) is 30.7 Å². The van der Waals surface area contributed by atoms with Gasteiger partial charge in [-0.2, -0.15) is 4.31 Å². The number of pyridine rings is 1. The molecule has 0 spiro atoms. The van der Waals surface area contributed by atoms with Crippen molar-refractivity contribution in [1.29, 1.82) is 0 Å². The number of amides is 1. The second kappa shape index (κ2) is 8.63.